The third-order valence-corrected chi connectivity index (χ3v) is 3.11. The summed E-state index contributed by atoms with van der Waals surface area (Å²) in [6, 6.07) is 10.3. The number of para-hydroxylation sites is 1. The Morgan fingerprint density at radius 3 is 2.48 bits per heavy atom. The molecule has 0 heterocycles. The number of aromatic carboxylic acids is 1. The van der Waals surface area contributed by atoms with Gasteiger partial charge in [0.15, 0.2) is 0 Å². The largest absolute Gasteiger partial charge is 0.478 e. The van der Waals surface area contributed by atoms with Crippen LogP contribution >= 0.6 is 11.6 Å². The van der Waals surface area contributed by atoms with Crippen LogP contribution in [0.15, 0.2) is 42.5 Å². The highest BCUT2D eigenvalue weighted by Gasteiger charge is 2.15. The molecule has 0 radical (unpaired) electrons. The molecule has 1 amide bonds. The summed E-state index contributed by atoms with van der Waals surface area (Å²) in [6.07, 6.45) is 0.596. The average molecular weight is 304 g/mol. The summed E-state index contributed by atoms with van der Waals surface area (Å²) in [5.74, 6) is -1.74. The van der Waals surface area contributed by atoms with Gasteiger partial charge in [-0.2, -0.15) is 0 Å². The van der Waals surface area contributed by atoms with E-state index in [1.54, 1.807) is 12.1 Å². The van der Waals surface area contributed by atoms with Crippen LogP contribution in [0.4, 0.5) is 5.69 Å². The fourth-order valence-corrected chi connectivity index (χ4v) is 1.96. The average Bonchev–Trinajstić information content (AvgIpc) is 2.48. The van der Waals surface area contributed by atoms with Gasteiger partial charge >= 0.3 is 5.97 Å². The summed E-state index contributed by atoms with van der Waals surface area (Å²) in [5.41, 5.74) is 0.522. The maximum atomic E-state index is 12.2. The first kappa shape index (κ1) is 14.7. The Morgan fingerprint density at radius 1 is 1.10 bits per heavy atom. The van der Waals surface area contributed by atoms with Crippen LogP contribution in [0.5, 0.6) is 0 Å². The van der Waals surface area contributed by atoms with Crippen LogP contribution in [-0.4, -0.2) is 23.3 Å². The first-order valence-corrected chi connectivity index (χ1v) is 6.29. The van der Waals surface area contributed by atoms with Gasteiger partial charge in [-0.05, 0) is 24.3 Å². The van der Waals surface area contributed by atoms with Gasteiger partial charge in [0.25, 0.3) is 5.91 Å². The molecule has 0 bridgehead atoms. The minimum Gasteiger partial charge on any atom is -0.478 e. The minimum absolute atomic E-state index is 0.0338. The Hall–Kier alpha value is -2.66. The molecule has 5 nitrogen and oxygen atoms in total. The van der Waals surface area contributed by atoms with Crippen LogP contribution in [0.25, 0.3) is 0 Å². The monoisotopic (exact) mass is 303 g/mol. The molecule has 2 rings (SSSR count). The molecular formula is C15H10ClNO4. The number of aldehydes is 1. The number of carbonyl (C=O) groups excluding carboxylic acids is 2. The topological polar surface area (TPSA) is 83.5 Å². The third-order valence-electron chi connectivity index (χ3n) is 2.78. The van der Waals surface area contributed by atoms with Crippen molar-refractivity contribution < 1.29 is 19.5 Å². The number of rotatable bonds is 4. The quantitative estimate of drug-likeness (QED) is 0.850. The maximum absolute atomic E-state index is 12.2. The Bertz CT molecular complexity index is 727. The number of benzene rings is 2. The van der Waals surface area contributed by atoms with Crippen molar-refractivity contribution in [3.8, 4) is 0 Å². The smallest absolute Gasteiger partial charge is 0.337 e. The van der Waals surface area contributed by atoms with Crippen LogP contribution in [0.1, 0.15) is 31.1 Å². The van der Waals surface area contributed by atoms with Crippen LogP contribution < -0.4 is 5.32 Å². The van der Waals surface area contributed by atoms with Crippen molar-refractivity contribution in [2.24, 2.45) is 0 Å². The van der Waals surface area contributed by atoms with Gasteiger partial charge in [-0.25, -0.2) is 4.79 Å². The van der Waals surface area contributed by atoms with Gasteiger partial charge in [-0.15, -0.1) is 0 Å². The van der Waals surface area contributed by atoms with E-state index in [2.05, 4.69) is 5.32 Å². The highest BCUT2D eigenvalue weighted by Crippen LogP contribution is 2.21. The summed E-state index contributed by atoms with van der Waals surface area (Å²) in [5, 5.41) is 11.7. The predicted molar refractivity (Wildman–Crippen MR) is 78.2 cm³/mol. The second-order valence-electron chi connectivity index (χ2n) is 4.16. The molecule has 21 heavy (non-hydrogen) atoms. The van der Waals surface area contributed by atoms with E-state index in [4.69, 9.17) is 16.7 Å². The van der Waals surface area contributed by atoms with Crippen molar-refractivity contribution in [3.05, 3.63) is 64.2 Å². The van der Waals surface area contributed by atoms with Crippen molar-refractivity contribution in [1.29, 1.82) is 0 Å². The number of carboxylic acids is 1. The van der Waals surface area contributed by atoms with E-state index in [-0.39, 0.29) is 21.8 Å². The molecule has 106 valence electrons. The SMILES string of the molecule is O=Cc1ccc(Cl)c(C(=O)Nc2ccccc2C(=O)O)c1. The lowest BCUT2D eigenvalue weighted by atomic mass is 10.1. The molecule has 0 saturated heterocycles. The van der Waals surface area contributed by atoms with Crippen LogP contribution in [0, 0.1) is 0 Å². The normalized spacial score (nSPS) is 9.95. The molecule has 6 heteroatoms. The number of halogens is 1. The fraction of sp³-hybridized carbons (Fsp3) is 0. The highest BCUT2D eigenvalue weighted by molar-refractivity contribution is 6.34. The molecule has 0 aliphatic heterocycles. The van der Waals surface area contributed by atoms with Gasteiger partial charge in [-0.3, -0.25) is 9.59 Å². The van der Waals surface area contributed by atoms with Gasteiger partial charge in [0, 0.05) is 5.56 Å². The Labute approximate surface area is 125 Å². The lowest BCUT2D eigenvalue weighted by molar-refractivity contribution is 0.0698. The summed E-state index contributed by atoms with van der Waals surface area (Å²) in [4.78, 5) is 34.0. The zero-order chi connectivity index (χ0) is 15.4. The van der Waals surface area contributed by atoms with Crippen molar-refractivity contribution in [2.45, 2.75) is 0 Å². The van der Waals surface area contributed by atoms with Crippen LogP contribution in [-0.2, 0) is 0 Å². The molecule has 2 aromatic carbocycles. The number of hydrogen-bond acceptors (Lipinski definition) is 3. The second-order valence-corrected chi connectivity index (χ2v) is 4.57. The summed E-state index contributed by atoms with van der Waals surface area (Å²) >= 11 is 5.92. The Kier molecular flexibility index (Phi) is 4.35. The van der Waals surface area contributed by atoms with E-state index >= 15 is 0 Å². The van der Waals surface area contributed by atoms with Crippen molar-refractivity contribution in [2.75, 3.05) is 5.32 Å². The van der Waals surface area contributed by atoms with Crippen LogP contribution in [0.2, 0.25) is 5.02 Å². The number of hydrogen-bond donors (Lipinski definition) is 2. The molecule has 2 N–H and O–H groups in total. The van der Waals surface area contributed by atoms with E-state index in [0.29, 0.717) is 11.8 Å². The zero-order valence-corrected chi connectivity index (χ0v) is 11.4. The molecule has 2 aromatic rings. The van der Waals surface area contributed by atoms with E-state index in [1.807, 2.05) is 0 Å². The molecule has 0 aromatic heterocycles. The minimum atomic E-state index is -1.15. The van der Waals surface area contributed by atoms with E-state index < -0.39 is 11.9 Å². The first-order chi connectivity index (χ1) is 10.0. The van der Waals surface area contributed by atoms with Gasteiger partial charge < -0.3 is 10.4 Å². The number of anilines is 1. The molecule has 0 aliphatic rings. The number of nitrogens with one attached hydrogen (secondary N) is 1. The molecule has 0 unspecified atom stereocenters. The third kappa shape index (κ3) is 3.27. The number of amides is 1. The van der Waals surface area contributed by atoms with Crippen molar-refractivity contribution in [3.63, 3.8) is 0 Å². The highest BCUT2D eigenvalue weighted by atomic mass is 35.5. The Balaban J connectivity index is 2.35. The van der Waals surface area contributed by atoms with Crippen LogP contribution in [0.3, 0.4) is 0 Å². The zero-order valence-electron chi connectivity index (χ0n) is 10.7. The second kappa shape index (κ2) is 6.19. The van der Waals surface area contributed by atoms with Crippen molar-refractivity contribution >= 4 is 35.5 Å². The van der Waals surface area contributed by atoms with E-state index in [9.17, 15) is 14.4 Å². The Morgan fingerprint density at radius 2 is 1.81 bits per heavy atom. The molecule has 0 fully saturated rings. The van der Waals surface area contributed by atoms with Gasteiger partial charge in [0.1, 0.15) is 6.29 Å². The van der Waals surface area contributed by atoms with Gasteiger partial charge in [0.05, 0.1) is 21.8 Å². The van der Waals surface area contributed by atoms with Crippen molar-refractivity contribution in [1.82, 2.24) is 0 Å². The molecule has 0 aliphatic carbocycles. The summed E-state index contributed by atoms with van der Waals surface area (Å²) < 4.78 is 0. The molecule has 0 atom stereocenters. The van der Waals surface area contributed by atoms with E-state index in [1.165, 1.54) is 30.3 Å². The van der Waals surface area contributed by atoms with Gasteiger partial charge in [0.2, 0.25) is 0 Å². The predicted octanol–water partition coefficient (Wildman–Crippen LogP) is 3.10. The first-order valence-electron chi connectivity index (χ1n) is 5.91. The van der Waals surface area contributed by atoms with E-state index in [0.717, 1.165) is 0 Å². The lowest BCUT2D eigenvalue weighted by Gasteiger charge is -2.09. The maximum Gasteiger partial charge on any atom is 0.337 e. The standard InChI is InChI=1S/C15H10ClNO4/c16-12-6-5-9(8-18)7-11(12)14(19)17-13-4-2-1-3-10(13)15(20)21/h1-8H,(H,17,19)(H,20,21). The molecule has 0 spiro atoms. The molecule has 0 saturated carbocycles. The summed E-state index contributed by atoms with van der Waals surface area (Å²) in [6.45, 7) is 0. The number of carboxylic acid groups (broad SMARTS) is 1. The fourth-order valence-electron chi connectivity index (χ4n) is 1.76. The number of carbonyl (C=O) groups is 3. The lowest BCUT2D eigenvalue weighted by Crippen LogP contribution is -2.15. The molecular weight excluding hydrogens is 294 g/mol. The van der Waals surface area contributed by atoms with Gasteiger partial charge in [-0.1, -0.05) is 29.8 Å². The summed E-state index contributed by atoms with van der Waals surface area (Å²) in [7, 11) is 0.